The second-order valence-electron chi connectivity index (χ2n) is 2.86. The molecule has 3 heteroatoms. The van der Waals surface area contributed by atoms with E-state index < -0.39 is 0 Å². The Morgan fingerprint density at radius 2 is 2.45 bits per heavy atom. The van der Waals surface area contributed by atoms with E-state index in [1.54, 1.807) is 0 Å². The van der Waals surface area contributed by atoms with Crippen LogP contribution in [0.1, 0.15) is 32.6 Å². The van der Waals surface area contributed by atoms with Crippen molar-refractivity contribution in [1.82, 2.24) is 0 Å². The van der Waals surface area contributed by atoms with E-state index in [1.807, 2.05) is 11.8 Å². The summed E-state index contributed by atoms with van der Waals surface area (Å²) in [6, 6.07) is 0. The van der Waals surface area contributed by atoms with Gasteiger partial charge in [-0.1, -0.05) is 19.8 Å². The first-order valence-corrected chi connectivity index (χ1v) is 5.26. The summed E-state index contributed by atoms with van der Waals surface area (Å²) in [5.74, 6) is 0.988. The van der Waals surface area contributed by atoms with Crippen molar-refractivity contribution < 1.29 is 0 Å². The van der Waals surface area contributed by atoms with Crippen molar-refractivity contribution in [1.29, 1.82) is 0 Å². The van der Waals surface area contributed by atoms with Crippen LogP contribution in [-0.4, -0.2) is 17.0 Å². The molecule has 1 atom stereocenters. The number of unbranched alkanes of at least 4 members (excludes halogenated alkanes) is 2. The molecule has 0 saturated carbocycles. The molecule has 0 aliphatic carbocycles. The second kappa shape index (κ2) is 4.78. The zero-order valence-corrected chi connectivity index (χ0v) is 7.86. The number of nitrogens with two attached hydrogens (primary N) is 1. The molecule has 0 spiro atoms. The molecule has 1 rings (SSSR count). The molecule has 1 aliphatic heterocycles. The molecule has 0 amide bonds. The molecule has 2 N–H and O–H groups in total. The predicted molar refractivity (Wildman–Crippen MR) is 52.0 cm³/mol. The molecule has 0 aromatic heterocycles. The number of hydrogen-bond acceptors (Lipinski definition) is 3. The van der Waals surface area contributed by atoms with Gasteiger partial charge in [-0.15, -0.1) is 11.8 Å². The van der Waals surface area contributed by atoms with E-state index in [-0.39, 0.29) is 6.17 Å². The highest BCUT2D eigenvalue weighted by molar-refractivity contribution is 8.14. The van der Waals surface area contributed by atoms with Gasteiger partial charge in [0.25, 0.3) is 0 Å². The lowest BCUT2D eigenvalue weighted by atomic mass is 10.2. The number of thioether (sulfide) groups is 1. The molecular weight excluding hydrogens is 156 g/mol. The Bertz CT molecular complexity index is 145. The van der Waals surface area contributed by atoms with Crippen LogP contribution >= 0.6 is 11.8 Å². The summed E-state index contributed by atoms with van der Waals surface area (Å²) in [5.41, 5.74) is 5.62. The summed E-state index contributed by atoms with van der Waals surface area (Å²) in [4.78, 5) is 4.32. The Kier molecular flexibility index (Phi) is 3.94. The molecule has 0 radical (unpaired) electrons. The average molecular weight is 172 g/mol. The molecule has 2 nitrogen and oxygen atoms in total. The third-order valence-electron chi connectivity index (χ3n) is 1.72. The Labute approximate surface area is 72.6 Å². The Morgan fingerprint density at radius 3 is 3.00 bits per heavy atom. The molecule has 0 bridgehead atoms. The van der Waals surface area contributed by atoms with E-state index in [2.05, 4.69) is 11.9 Å². The summed E-state index contributed by atoms with van der Waals surface area (Å²) >= 11 is 1.83. The Balaban J connectivity index is 2.12. The summed E-state index contributed by atoms with van der Waals surface area (Å²) in [6.45, 7) is 2.22. The van der Waals surface area contributed by atoms with E-state index in [1.165, 1.54) is 24.3 Å². The lowest BCUT2D eigenvalue weighted by Crippen LogP contribution is -2.15. The third-order valence-corrected chi connectivity index (χ3v) is 2.88. The molecule has 1 heterocycles. The minimum atomic E-state index is 0.0802. The van der Waals surface area contributed by atoms with Crippen molar-refractivity contribution in [2.24, 2.45) is 10.7 Å². The van der Waals surface area contributed by atoms with E-state index in [0.717, 1.165) is 12.2 Å². The topological polar surface area (TPSA) is 38.4 Å². The van der Waals surface area contributed by atoms with Gasteiger partial charge in [0.05, 0.1) is 5.04 Å². The van der Waals surface area contributed by atoms with Crippen LogP contribution in [0.25, 0.3) is 0 Å². The van der Waals surface area contributed by atoms with Gasteiger partial charge >= 0.3 is 0 Å². The molecule has 0 aromatic carbocycles. The minimum absolute atomic E-state index is 0.0802. The molecule has 0 aromatic rings. The van der Waals surface area contributed by atoms with Crippen molar-refractivity contribution in [3.8, 4) is 0 Å². The highest BCUT2D eigenvalue weighted by atomic mass is 32.2. The van der Waals surface area contributed by atoms with Gasteiger partial charge in [0, 0.05) is 5.75 Å². The van der Waals surface area contributed by atoms with Gasteiger partial charge in [-0.3, -0.25) is 4.99 Å². The van der Waals surface area contributed by atoms with E-state index in [4.69, 9.17) is 5.73 Å². The quantitative estimate of drug-likeness (QED) is 0.659. The summed E-state index contributed by atoms with van der Waals surface area (Å²) in [5, 5.41) is 1.27. The summed E-state index contributed by atoms with van der Waals surface area (Å²) < 4.78 is 0. The molecule has 64 valence electrons. The fourth-order valence-corrected chi connectivity index (χ4v) is 2.04. The highest BCUT2D eigenvalue weighted by Gasteiger charge is 2.12. The third kappa shape index (κ3) is 3.25. The molecule has 0 fully saturated rings. The molecule has 1 aliphatic rings. The average Bonchev–Trinajstić information content (AvgIpc) is 2.37. The monoisotopic (exact) mass is 172 g/mol. The van der Waals surface area contributed by atoms with Crippen molar-refractivity contribution >= 4 is 16.8 Å². The number of rotatable bonds is 4. The zero-order valence-electron chi connectivity index (χ0n) is 7.05. The fourth-order valence-electron chi connectivity index (χ4n) is 1.10. The number of aliphatic imine (C=N–C) groups is 1. The first kappa shape index (κ1) is 9.07. The van der Waals surface area contributed by atoms with E-state index in [9.17, 15) is 0 Å². The molecule has 11 heavy (non-hydrogen) atoms. The first-order chi connectivity index (χ1) is 5.33. The van der Waals surface area contributed by atoms with Crippen LogP contribution in [0.15, 0.2) is 4.99 Å². The van der Waals surface area contributed by atoms with E-state index in [0.29, 0.717) is 0 Å². The van der Waals surface area contributed by atoms with Crippen molar-refractivity contribution in [3.63, 3.8) is 0 Å². The lowest BCUT2D eigenvalue weighted by molar-refractivity contribution is 0.740. The van der Waals surface area contributed by atoms with Crippen molar-refractivity contribution in [2.45, 2.75) is 38.8 Å². The predicted octanol–water partition coefficient (Wildman–Crippen LogP) is 2.00. The molecular formula is C8H16N2S. The van der Waals surface area contributed by atoms with Crippen molar-refractivity contribution in [2.75, 3.05) is 5.75 Å². The van der Waals surface area contributed by atoms with Gasteiger partial charge in [0.15, 0.2) is 0 Å². The van der Waals surface area contributed by atoms with Gasteiger partial charge in [-0.25, -0.2) is 0 Å². The highest BCUT2D eigenvalue weighted by Crippen LogP contribution is 2.19. The maximum atomic E-state index is 5.62. The van der Waals surface area contributed by atoms with Crippen LogP contribution in [0.5, 0.6) is 0 Å². The fraction of sp³-hybridized carbons (Fsp3) is 0.875. The normalized spacial score (nSPS) is 23.8. The standard InChI is InChI=1S/C8H16N2S/c1-2-3-4-5-8-10-7(9)6-11-8/h7H,2-6,9H2,1H3. The summed E-state index contributed by atoms with van der Waals surface area (Å²) in [7, 11) is 0. The Morgan fingerprint density at radius 1 is 1.64 bits per heavy atom. The number of nitrogens with zero attached hydrogens (tertiary/aromatic N) is 1. The Hall–Kier alpha value is -0.0200. The second-order valence-corrected chi connectivity index (χ2v) is 3.95. The smallest absolute Gasteiger partial charge is 0.107 e. The van der Waals surface area contributed by atoms with Gasteiger partial charge in [0.2, 0.25) is 0 Å². The SMILES string of the molecule is CCCCCC1=NC(N)CS1. The van der Waals surface area contributed by atoms with Crippen LogP contribution in [-0.2, 0) is 0 Å². The van der Waals surface area contributed by atoms with Gasteiger partial charge in [-0.2, -0.15) is 0 Å². The molecule has 0 saturated heterocycles. The lowest BCUT2D eigenvalue weighted by Gasteiger charge is -1.96. The zero-order chi connectivity index (χ0) is 8.10. The van der Waals surface area contributed by atoms with Crippen molar-refractivity contribution in [3.05, 3.63) is 0 Å². The minimum Gasteiger partial charge on any atom is -0.309 e. The van der Waals surface area contributed by atoms with Crippen LogP contribution in [0, 0.1) is 0 Å². The van der Waals surface area contributed by atoms with Crippen LogP contribution in [0.4, 0.5) is 0 Å². The maximum Gasteiger partial charge on any atom is 0.107 e. The number of hydrogen-bond donors (Lipinski definition) is 1. The first-order valence-electron chi connectivity index (χ1n) is 4.28. The van der Waals surface area contributed by atoms with E-state index >= 15 is 0 Å². The largest absolute Gasteiger partial charge is 0.309 e. The van der Waals surface area contributed by atoms with Gasteiger partial charge in [-0.05, 0) is 12.8 Å². The summed E-state index contributed by atoms with van der Waals surface area (Å²) in [6.07, 6.45) is 5.09. The van der Waals surface area contributed by atoms with Gasteiger partial charge < -0.3 is 5.73 Å². The molecule has 1 unspecified atom stereocenters. The van der Waals surface area contributed by atoms with Gasteiger partial charge in [0.1, 0.15) is 6.17 Å². The van der Waals surface area contributed by atoms with Crippen LogP contribution < -0.4 is 5.73 Å². The van der Waals surface area contributed by atoms with Crippen LogP contribution in [0.2, 0.25) is 0 Å². The maximum absolute atomic E-state index is 5.62. The van der Waals surface area contributed by atoms with Crippen LogP contribution in [0.3, 0.4) is 0 Å².